The van der Waals surface area contributed by atoms with Crippen LogP contribution in [0.3, 0.4) is 0 Å². The molecule has 1 aromatic heterocycles. The molecule has 5 heteroatoms. The zero-order chi connectivity index (χ0) is 13.1. The summed E-state index contributed by atoms with van der Waals surface area (Å²) in [6.07, 6.45) is 1.76. The molecular weight excluding hydrogens is 230 g/mol. The third-order valence-corrected chi connectivity index (χ3v) is 2.48. The van der Waals surface area contributed by atoms with Gasteiger partial charge < -0.3 is 10.5 Å². The van der Waals surface area contributed by atoms with Crippen LogP contribution < -0.4 is 5.73 Å². The van der Waals surface area contributed by atoms with Crippen molar-refractivity contribution in [1.29, 1.82) is 0 Å². The van der Waals surface area contributed by atoms with Crippen LogP contribution in [0.1, 0.15) is 13.8 Å². The average molecular weight is 245 g/mol. The van der Waals surface area contributed by atoms with Crippen LogP contribution in [0.4, 0.5) is 0 Å². The molecule has 0 amide bonds. The second-order valence-electron chi connectivity index (χ2n) is 3.88. The lowest BCUT2D eigenvalue weighted by Gasteiger charge is -2.08. The molecule has 1 aromatic carbocycles. The Morgan fingerprint density at radius 1 is 1.44 bits per heavy atom. The summed E-state index contributed by atoms with van der Waals surface area (Å²) >= 11 is 0. The second kappa shape index (κ2) is 4.91. The first-order chi connectivity index (χ1) is 8.63. The fraction of sp³-hybridized carbons (Fsp3) is 0.231. The van der Waals surface area contributed by atoms with Gasteiger partial charge >= 0.3 is 5.97 Å². The number of carbonyl (C=O) groups is 1. The Kier molecular flexibility index (Phi) is 3.32. The molecule has 2 N–H and O–H groups in total. The first kappa shape index (κ1) is 12.2. The summed E-state index contributed by atoms with van der Waals surface area (Å²) < 4.78 is 6.45. The number of allylic oxidation sites excluding steroid dienone is 1. The van der Waals surface area contributed by atoms with Gasteiger partial charge in [-0.2, -0.15) is 5.10 Å². The van der Waals surface area contributed by atoms with Crippen LogP contribution in [-0.4, -0.2) is 22.4 Å². The van der Waals surface area contributed by atoms with Gasteiger partial charge in [-0.3, -0.25) is 0 Å². The number of esters is 1. The fourth-order valence-corrected chi connectivity index (χ4v) is 1.71. The number of benzene rings is 1. The van der Waals surface area contributed by atoms with Crippen LogP contribution in [0, 0.1) is 0 Å². The Hall–Kier alpha value is -2.30. The largest absolute Gasteiger partial charge is 0.461 e. The van der Waals surface area contributed by atoms with Crippen molar-refractivity contribution in [2.75, 3.05) is 6.61 Å². The van der Waals surface area contributed by atoms with Crippen LogP contribution in [0.2, 0.25) is 0 Å². The minimum absolute atomic E-state index is 0.257. The maximum atomic E-state index is 11.8. The van der Waals surface area contributed by atoms with E-state index < -0.39 is 5.97 Å². The number of aromatic nitrogens is 2. The molecule has 0 fully saturated rings. The summed E-state index contributed by atoms with van der Waals surface area (Å²) in [5.41, 5.74) is 7.18. The predicted molar refractivity (Wildman–Crippen MR) is 69.4 cm³/mol. The summed E-state index contributed by atoms with van der Waals surface area (Å²) in [4.78, 5) is 11.8. The Bertz CT molecular complexity index is 576. The smallest absolute Gasteiger partial charge is 0.358 e. The molecule has 2 aromatic rings. The molecule has 18 heavy (non-hydrogen) atoms. The lowest BCUT2D eigenvalue weighted by molar-refractivity contribution is -0.136. The van der Waals surface area contributed by atoms with Crippen molar-refractivity contribution in [1.82, 2.24) is 9.78 Å². The van der Waals surface area contributed by atoms with Crippen molar-refractivity contribution >= 4 is 22.6 Å². The topological polar surface area (TPSA) is 70.1 Å². The zero-order valence-corrected chi connectivity index (χ0v) is 10.4. The van der Waals surface area contributed by atoms with Crippen molar-refractivity contribution < 1.29 is 9.53 Å². The molecule has 0 saturated heterocycles. The highest BCUT2D eigenvalue weighted by Gasteiger charge is 2.17. The third kappa shape index (κ3) is 2.20. The number of rotatable bonds is 3. The number of fused-ring (bicyclic) bond motifs is 1. The SMILES string of the molecule is CCOC(=O)/C(=C(/C)N)n1cc2ccccc2n1. The first-order valence-corrected chi connectivity index (χ1v) is 5.71. The first-order valence-electron chi connectivity index (χ1n) is 5.71. The van der Waals surface area contributed by atoms with Crippen molar-refractivity contribution in [3.8, 4) is 0 Å². The molecule has 0 bridgehead atoms. The maximum absolute atomic E-state index is 11.8. The van der Waals surface area contributed by atoms with Crippen molar-refractivity contribution in [2.24, 2.45) is 5.73 Å². The van der Waals surface area contributed by atoms with Gasteiger partial charge in [0.15, 0.2) is 5.70 Å². The van der Waals surface area contributed by atoms with Gasteiger partial charge in [-0.05, 0) is 19.9 Å². The van der Waals surface area contributed by atoms with Gasteiger partial charge in [0.25, 0.3) is 0 Å². The Labute approximate surface area is 105 Å². The number of nitrogens with two attached hydrogens (primary N) is 1. The van der Waals surface area contributed by atoms with Crippen LogP contribution in [0.15, 0.2) is 36.2 Å². The highest BCUT2D eigenvalue weighted by Crippen LogP contribution is 2.16. The van der Waals surface area contributed by atoms with Crippen molar-refractivity contribution in [3.05, 3.63) is 36.2 Å². The van der Waals surface area contributed by atoms with E-state index in [1.165, 1.54) is 4.68 Å². The number of hydrogen-bond acceptors (Lipinski definition) is 4. The maximum Gasteiger partial charge on any atom is 0.358 e. The van der Waals surface area contributed by atoms with Gasteiger partial charge in [-0.1, -0.05) is 18.2 Å². The van der Waals surface area contributed by atoms with E-state index in [0.29, 0.717) is 12.3 Å². The molecule has 0 aliphatic heterocycles. The van der Waals surface area contributed by atoms with Gasteiger partial charge in [0, 0.05) is 17.3 Å². The molecule has 0 spiro atoms. The number of carbonyl (C=O) groups excluding carboxylic acids is 1. The standard InChI is InChI=1S/C13H15N3O2/c1-3-18-13(17)12(9(2)14)16-8-10-6-4-5-7-11(10)15-16/h4-8H,3,14H2,1-2H3/b12-9+. The van der Waals surface area contributed by atoms with Gasteiger partial charge in [-0.15, -0.1) is 0 Å². The van der Waals surface area contributed by atoms with E-state index in [2.05, 4.69) is 5.10 Å². The van der Waals surface area contributed by atoms with Crippen molar-refractivity contribution in [2.45, 2.75) is 13.8 Å². The molecule has 0 aliphatic carbocycles. The minimum Gasteiger partial charge on any atom is -0.461 e. The van der Waals surface area contributed by atoms with E-state index in [1.54, 1.807) is 20.0 Å². The van der Waals surface area contributed by atoms with Gasteiger partial charge in [0.2, 0.25) is 0 Å². The average Bonchev–Trinajstić information content (AvgIpc) is 2.71. The number of nitrogens with zero attached hydrogens (tertiary/aromatic N) is 2. The number of hydrogen-bond donors (Lipinski definition) is 1. The minimum atomic E-state index is -0.467. The number of ether oxygens (including phenoxy) is 1. The molecule has 0 aliphatic rings. The van der Waals surface area contributed by atoms with Gasteiger partial charge in [0.1, 0.15) is 0 Å². The van der Waals surface area contributed by atoms with Gasteiger partial charge in [0.05, 0.1) is 12.1 Å². The molecule has 0 saturated carbocycles. The van der Waals surface area contributed by atoms with Crippen LogP contribution in [-0.2, 0) is 9.53 Å². The molecule has 1 heterocycles. The fourth-order valence-electron chi connectivity index (χ4n) is 1.71. The molecule has 5 nitrogen and oxygen atoms in total. The lowest BCUT2D eigenvalue weighted by Crippen LogP contribution is -2.17. The summed E-state index contributed by atoms with van der Waals surface area (Å²) in [5.74, 6) is -0.467. The molecular formula is C13H15N3O2. The second-order valence-corrected chi connectivity index (χ2v) is 3.88. The summed E-state index contributed by atoms with van der Waals surface area (Å²) in [7, 11) is 0. The molecule has 0 atom stereocenters. The quantitative estimate of drug-likeness (QED) is 0.660. The zero-order valence-electron chi connectivity index (χ0n) is 10.4. The summed E-state index contributed by atoms with van der Waals surface area (Å²) in [6, 6.07) is 7.61. The Morgan fingerprint density at radius 3 is 2.78 bits per heavy atom. The summed E-state index contributed by atoms with van der Waals surface area (Å²) in [6.45, 7) is 3.70. The molecule has 94 valence electrons. The lowest BCUT2D eigenvalue weighted by atomic mass is 10.3. The highest BCUT2D eigenvalue weighted by molar-refractivity contribution is 6.11. The predicted octanol–water partition coefficient (Wildman–Crippen LogP) is 1.75. The monoisotopic (exact) mass is 245 g/mol. The van der Waals surface area contributed by atoms with Crippen LogP contribution in [0.5, 0.6) is 0 Å². The van der Waals surface area contributed by atoms with E-state index in [4.69, 9.17) is 10.5 Å². The van der Waals surface area contributed by atoms with E-state index >= 15 is 0 Å². The van der Waals surface area contributed by atoms with E-state index in [-0.39, 0.29) is 5.70 Å². The normalized spacial score (nSPS) is 12.3. The third-order valence-electron chi connectivity index (χ3n) is 2.48. The molecule has 2 rings (SSSR count). The molecule has 0 radical (unpaired) electrons. The van der Waals surface area contributed by atoms with E-state index in [0.717, 1.165) is 10.9 Å². The van der Waals surface area contributed by atoms with Crippen molar-refractivity contribution in [3.63, 3.8) is 0 Å². The summed E-state index contributed by atoms with van der Waals surface area (Å²) in [5, 5.41) is 5.26. The van der Waals surface area contributed by atoms with E-state index in [9.17, 15) is 4.79 Å². The van der Waals surface area contributed by atoms with E-state index in [1.807, 2.05) is 24.3 Å². The Balaban J connectivity index is 2.50. The van der Waals surface area contributed by atoms with Crippen LogP contribution >= 0.6 is 0 Å². The highest BCUT2D eigenvalue weighted by atomic mass is 16.5. The Morgan fingerprint density at radius 2 is 2.17 bits per heavy atom. The molecule has 0 unspecified atom stereocenters. The van der Waals surface area contributed by atoms with Crippen LogP contribution in [0.25, 0.3) is 16.6 Å². The van der Waals surface area contributed by atoms with Gasteiger partial charge in [-0.25, -0.2) is 9.48 Å².